The monoisotopic (exact) mass is 285 g/mol. The summed E-state index contributed by atoms with van der Waals surface area (Å²) in [4.78, 5) is 25.7. The normalized spacial score (nSPS) is 16.9. The molecule has 4 heteroatoms. The fourth-order valence-electron chi connectivity index (χ4n) is 2.40. The number of carbonyl (C=O) groups is 2. The Balaban J connectivity index is 2.33. The molecule has 0 bridgehead atoms. The number of amides is 2. The van der Waals surface area contributed by atoms with Gasteiger partial charge in [0.1, 0.15) is 0 Å². The third kappa shape index (κ3) is 2.98. The minimum Gasteiger partial charge on any atom is -0.395 e. The van der Waals surface area contributed by atoms with E-state index >= 15 is 0 Å². The molecule has 0 radical (unpaired) electrons. The summed E-state index contributed by atoms with van der Waals surface area (Å²) in [5, 5.41) is 8.71. The zero-order valence-electron chi connectivity index (χ0n) is 12.6. The van der Waals surface area contributed by atoms with E-state index in [0.717, 1.165) is 11.1 Å². The molecule has 2 amide bonds. The lowest BCUT2D eigenvalue weighted by atomic mass is 9.92. The summed E-state index contributed by atoms with van der Waals surface area (Å²) >= 11 is 0. The molecule has 1 aromatic carbocycles. The van der Waals surface area contributed by atoms with Gasteiger partial charge in [0.25, 0.3) is 0 Å². The lowest BCUT2D eigenvalue weighted by Gasteiger charge is -2.19. The van der Waals surface area contributed by atoms with Gasteiger partial charge in [-0.2, -0.15) is 0 Å². The van der Waals surface area contributed by atoms with Crippen LogP contribution < -0.4 is 4.90 Å². The first-order chi connectivity index (χ1) is 9.86. The van der Waals surface area contributed by atoms with E-state index in [2.05, 4.69) is 11.8 Å². The number of nitrogens with zero attached hydrogens (tertiary/aromatic N) is 1. The molecule has 1 heterocycles. The van der Waals surface area contributed by atoms with E-state index in [-0.39, 0.29) is 24.8 Å². The second-order valence-electron chi connectivity index (χ2n) is 5.87. The van der Waals surface area contributed by atoms with Crippen LogP contribution in [0.1, 0.15) is 37.8 Å². The van der Waals surface area contributed by atoms with Crippen molar-refractivity contribution in [3.05, 3.63) is 29.3 Å². The van der Waals surface area contributed by atoms with Crippen molar-refractivity contribution in [2.45, 2.75) is 33.6 Å². The zero-order chi connectivity index (χ0) is 15.6. The molecule has 1 N–H and O–H groups in total. The highest BCUT2D eigenvalue weighted by Gasteiger charge is 2.45. The molecule has 1 aliphatic rings. The average molecular weight is 285 g/mol. The lowest BCUT2D eigenvalue weighted by Crippen LogP contribution is -2.33. The Hall–Kier alpha value is -2.12. The van der Waals surface area contributed by atoms with Gasteiger partial charge < -0.3 is 5.11 Å². The molecule has 110 valence electrons. The predicted octanol–water partition coefficient (Wildman–Crippen LogP) is 2.02. The van der Waals surface area contributed by atoms with Crippen LogP contribution in [0.3, 0.4) is 0 Å². The van der Waals surface area contributed by atoms with Crippen LogP contribution in [-0.4, -0.2) is 23.5 Å². The van der Waals surface area contributed by atoms with Crippen molar-refractivity contribution in [1.82, 2.24) is 0 Å². The van der Waals surface area contributed by atoms with Gasteiger partial charge in [-0.05, 0) is 30.7 Å². The maximum Gasteiger partial charge on any atom is 0.239 e. The van der Waals surface area contributed by atoms with E-state index in [9.17, 15) is 9.59 Å². The van der Waals surface area contributed by atoms with E-state index in [1.54, 1.807) is 26.0 Å². The van der Waals surface area contributed by atoms with Crippen LogP contribution >= 0.6 is 0 Å². The Bertz CT molecular complexity index is 650. The van der Waals surface area contributed by atoms with Crippen molar-refractivity contribution in [2.75, 3.05) is 11.5 Å². The Labute approximate surface area is 124 Å². The number of anilines is 1. The third-order valence-electron chi connectivity index (χ3n) is 3.53. The smallest absolute Gasteiger partial charge is 0.239 e. The highest BCUT2D eigenvalue weighted by Crippen LogP contribution is 2.36. The van der Waals surface area contributed by atoms with Gasteiger partial charge >= 0.3 is 0 Å². The fourth-order valence-corrected chi connectivity index (χ4v) is 2.40. The third-order valence-corrected chi connectivity index (χ3v) is 3.53. The maximum absolute atomic E-state index is 12.3. The second kappa shape index (κ2) is 5.71. The van der Waals surface area contributed by atoms with Gasteiger partial charge in [0, 0.05) is 18.4 Å². The summed E-state index contributed by atoms with van der Waals surface area (Å²) in [6.07, 6.45) is 0.668. The summed E-state index contributed by atoms with van der Waals surface area (Å²) < 4.78 is 0. The second-order valence-corrected chi connectivity index (χ2v) is 5.87. The number of hydrogen-bond donors (Lipinski definition) is 1. The molecule has 0 unspecified atom stereocenters. The highest BCUT2D eigenvalue weighted by molar-refractivity contribution is 6.22. The number of rotatable bonds is 2. The molecule has 0 spiro atoms. The number of hydrogen-bond acceptors (Lipinski definition) is 3. The number of carbonyl (C=O) groups excluding carboxylic acids is 2. The number of benzene rings is 1. The van der Waals surface area contributed by atoms with Crippen molar-refractivity contribution >= 4 is 17.5 Å². The topological polar surface area (TPSA) is 57.6 Å². The molecule has 1 saturated heterocycles. The van der Waals surface area contributed by atoms with E-state index in [0.29, 0.717) is 12.1 Å². The molecule has 0 atom stereocenters. The van der Waals surface area contributed by atoms with Gasteiger partial charge in [0.2, 0.25) is 11.8 Å². The van der Waals surface area contributed by atoms with Gasteiger partial charge in [0.15, 0.2) is 0 Å². The molecule has 1 fully saturated rings. The minimum atomic E-state index is -0.636. The number of aliphatic hydroxyl groups is 1. The summed E-state index contributed by atoms with van der Waals surface area (Å²) in [6.45, 7) is 5.48. The van der Waals surface area contributed by atoms with E-state index in [1.165, 1.54) is 4.90 Å². The van der Waals surface area contributed by atoms with Crippen molar-refractivity contribution < 1.29 is 14.7 Å². The minimum absolute atomic E-state index is 0.0376. The molecule has 0 aliphatic carbocycles. The Morgan fingerprint density at radius 2 is 2.05 bits per heavy atom. The van der Waals surface area contributed by atoms with Gasteiger partial charge in [-0.15, -0.1) is 0 Å². The first-order valence-electron chi connectivity index (χ1n) is 6.94. The van der Waals surface area contributed by atoms with Crippen LogP contribution in [0.2, 0.25) is 0 Å². The van der Waals surface area contributed by atoms with E-state index in [4.69, 9.17) is 5.11 Å². The van der Waals surface area contributed by atoms with Crippen LogP contribution in [0.4, 0.5) is 5.69 Å². The maximum atomic E-state index is 12.3. The zero-order valence-corrected chi connectivity index (χ0v) is 12.6. The van der Waals surface area contributed by atoms with E-state index < -0.39 is 5.41 Å². The Kier molecular flexibility index (Phi) is 4.15. The Morgan fingerprint density at radius 3 is 2.57 bits per heavy atom. The van der Waals surface area contributed by atoms with Gasteiger partial charge in [-0.25, -0.2) is 4.90 Å². The molecule has 2 rings (SSSR count). The first kappa shape index (κ1) is 15.3. The highest BCUT2D eigenvalue weighted by atomic mass is 16.2. The van der Waals surface area contributed by atoms with Crippen LogP contribution in [0.25, 0.3) is 0 Å². The molecular formula is C17H19NO3. The van der Waals surface area contributed by atoms with Crippen LogP contribution in [0.15, 0.2) is 18.2 Å². The van der Waals surface area contributed by atoms with Gasteiger partial charge in [0.05, 0.1) is 17.7 Å². The summed E-state index contributed by atoms with van der Waals surface area (Å²) in [6, 6.07) is 5.40. The first-order valence-corrected chi connectivity index (χ1v) is 6.94. The predicted molar refractivity (Wildman–Crippen MR) is 80.7 cm³/mol. The molecule has 0 aromatic heterocycles. The molecule has 1 aromatic rings. The van der Waals surface area contributed by atoms with Crippen molar-refractivity contribution in [3.63, 3.8) is 0 Å². The number of aliphatic hydroxyl groups excluding tert-OH is 1. The van der Waals surface area contributed by atoms with Gasteiger partial charge in [-0.1, -0.05) is 25.7 Å². The van der Waals surface area contributed by atoms with E-state index in [1.807, 2.05) is 13.0 Å². The quantitative estimate of drug-likeness (QED) is 0.668. The number of imide groups is 1. The largest absolute Gasteiger partial charge is 0.395 e. The molecule has 1 aliphatic heterocycles. The van der Waals surface area contributed by atoms with Crippen molar-refractivity contribution in [1.29, 1.82) is 0 Å². The SMILES string of the molecule is Cc1cc(C#CCCO)ccc1N1C(=O)CC(C)(C)C1=O. The summed E-state index contributed by atoms with van der Waals surface area (Å²) in [5.74, 6) is 5.48. The molecule has 4 nitrogen and oxygen atoms in total. The summed E-state index contributed by atoms with van der Waals surface area (Å²) in [5.41, 5.74) is 1.64. The van der Waals surface area contributed by atoms with Crippen LogP contribution in [-0.2, 0) is 9.59 Å². The lowest BCUT2D eigenvalue weighted by molar-refractivity contribution is -0.124. The van der Waals surface area contributed by atoms with Crippen molar-refractivity contribution in [2.24, 2.45) is 5.41 Å². The van der Waals surface area contributed by atoms with Crippen LogP contribution in [0, 0.1) is 24.2 Å². The average Bonchev–Trinajstić information content (AvgIpc) is 2.60. The molecule has 21 heavy (non-hydrogen) atoms. The standard InChI is InChI=1S/C17H19NO3/c1-12-10-13(6-4-5-9-19)7-8-14(12)18-15(20)11-17(2,3)16(18)21/h7-8,10,19H,5,9,11H2,1-3H3. The van der Waals surface area contributed by atoms with Crippen molar-refractivity contribution in [3.8, 4) is 11.8 Å². The fraction of sp³-hybridized carbons (Fsp3) is 0.412. The van der Waals surface area contributed by atoms with Crippen LogP contribution in [0.5, 0.6) is 0 Å². The number of aryl methyl sites for hydroxylation is 1. The summed E-state index contributed by atoms with van der Waals surface area (Å²) in [7, 11) is 0. The Morgan fingerprint density at radius 1 is 1.33 bits per heavy atom. The molecular weight excluding hydrogens is 266 g/mol. The molecule has 0 saturated carbocycles. The van der Waals surface area contributed by atoms with Gasteiger partial charge in [-0.3, -0.25) is 9.59 Å².